The van der Waals surface area contributed by atoms with Crippen molar-refractivity contribution in [2.24, 2.45) is 11.8 Å². The quantitative estimate of drug-likeness (QED) is 0.796. The highest BCUT2D eigenvalue weighted by Crippen LogP contribution is 2.44. The zero-order valence-corrected chi connectivity index (χ0v) is 11.9. The lowest BCUT2D eigenvalue weighted by Crippen LogP contribution is -2.57. The number of esters is 1. The summed E-state index contributed by atoms with van der Waals surface area (Å²) in [6.45, 7) is 4.72. The molecule has 1 aromatic rings. The minimum absolute atomic E-state index is 0.0835. The SMILES string of the molecule is CC1(C)OCC2C(CC2C(=O)OCc2ccccc2)O1. The molecule has 3 unspecified atom stereocenters. The first kappa shape index (κ1) is 13.6. The Hall–Kier alpha value is -1.39. The molecule has 1 aliphatic heterocycles. The van der Waals surface area contributed by atoms with Crippen LogP contribution in [0.1, 0.15) is 25.8 Å². The molecule has 0 radical (unpaired) electrons. The van der Waals surface area contributed by atoms with Crippen LogP contribution in [0.5, 0.6) is 0 Å². The number of fused-ring (bicyclic) bond motifs is 1. The van der Waals surface area contributed by atoms with Crippen LogP contribution in [0.3, 0.4) is 0 Å². The van der Waals surface area contributed by atoms with E-state index in [4.69, 9.17) is 14.2 Å². The molecule has 0 bridgehead atoms. The van der Waals surface area contributed by atoms with Gasteiger partial charge in [0.05, 0.1) is 18.6 Å². The van der Waals surface area contributed by atoms with Gasteiger partial charge in [-0.2, -0.15) is 0 Å². The number of rotatable bonds is 3. The third-order valence-electron chi connectivity index (χ3n) is 4.07. The van der Waals surface area contributed by atoms with E-state index in [9.17, 15) is 4.79 Å². The van der Waals surface area contributed by atoms with Gasteiger partial charge in [-0.3, -0.25) is 4.79 Å². The average Bonchev–Trinajstić information content (AvgIpc) is 2.40. The Balaban J connectivity index is 1.50. The lowest BCUT2D eigenvalue weighted by Gasteiger charge is -2.50. The van der Waals surface area contributed by atoms with Gasteiger partial charge in [-0.05, 0) is 25.8 Å². The van der Waals surface area contributed by atoms with E-state index < -0.39 is 5.79 Å². The monoisotopic (exact) mass is 276 g/mol. The third-order valence-corrected chi connectivity index (χ3v) is 4.07. The van der Waals surface area contributed by atoms with E-state index in [1.807, 2.05) is 44.2 Å². The maximum absolute atomic E-state index is 12.1. The molecule has 1 aromatic carbocycles. The third kappa shape index (κ3) is 2.72. The lowest BCUT2D eigenvalue weighted by atomic mass is 9.70. The molecule has 1 aliphatic carbocycles. The Labute approximate surface area is 119 Å². The number of ether oxygens (including phenoxy) is 3. The summed E-state index contributed by atoms with van der Waals surface area (Å²) in [7, 11) is 0. The summed E-state index contributed by atoms with van der Waals surface area (Å²) in [5.41, 5.74) is 1.01. The first-order valence-corrected chi connectivity index (χ1v) is 7.07. The van der Waals surface area contributed by atoms with Gasteiger partial charge >= 0.3 is 5.97 Å². The molecule has 20 heavy (non-hydrogen) atoms. The van der Waals surface area contributed by atoms with E-state index in [0.29, 0.717) is 13.2 Å². The molecule has 0 spiro atoms. The molecule has 0 N–H and O–H groups in total. The summed E-state index contributed by atoms with van der Waals surface area (Å²) >= 11 is 0. The second kappa shape index (κ2) is 5.19. The van der Waals surface area contributed by atoms with Crippen molar-refractivity contribution in [3.8, 4) is 0 Å². The summed E-state index contributed by atoms with van der Waals surface area (Å²) in [5, 5.41) is 0. The summed E-state index contributed by atoms with van der Waals surface area (Å²) in [4.78, 5) is 12.1. The van der Waals surface area contributed by atoms with Crippen LogP contribution >= 0.6 is 0 Å². The highest BCUT2D eigenvalue weighted by molar-refractivity contribution is 5.74. The molecule has 1 heterocycles. The molecule has 2 aliphatic rings. The van der Waals surface area contributed by atoms with Gasteiger partial charge in [0.25, 0.3) is 0 Å². The highest BCUT2D eigenvalue weighted by Gasteiger charge is 2.52. The van der Waals surface area contributed by atoms with Crippen molar-refractivity contribution in [1.82, 2.24) is 0 Å². The molecule has 3 rings (SSSR count). The molecule has 4 nitrogen and oxygen atoms in total. The van der Waals surface area contributed by atoms with Gasteiger partial charge < -0.3 is 14.2 Å². The van der Waals surface area contributed by atoms with Gasteiger partial charge in [0.2, 0.25) is 0 Å². The van der Waals surface area contributed by atoms with Crippen molar-refractivity contribution in [2.75, 3.05) is 6.61 Å². The van der Waals surface area contributed by atoms with E-state index in [2.05, 4.69) is 0 Å². The Morgan fingerprint density at radius 2 is 2.10 bits per heavy atom. The predicted octanol–water partition coefficient (Wildman–Crippen LogP) is 2.52. The van der Waals surface area contributed by atoms with Crippen LogP contribution in [0.2, 0.25) is 0 Å². The average molecular weight is 276 g/mol. The van der Waals surface area contributed by atoms with Gasteiger partial charge in [-0.25, -0.2) is 0 Å². The fourth-order valence-electron chi connectivity index (χ4n) is 2.82. The molecular formula is C16H20O4. The second-order valence-corrected chi connectivity index (χ2v) is 5.97. The Morgan fingerprint density at radius 3 is 2.80 bits per heavy atom. The predicted molar refractivity (Wildman–Crippen MR) is 72.7 cm³/mol. The Morgan fingerprint density at radius 1 is 1.35 bits per heavy atom. The number of hydrogen-bond donors (Lipinski definition) is 0. The molecule has 0 aromatic heterocycles. The Bertz CT molecular complexity index is 483. The van der Waals surface area contributed by atoms with Gasteiger partial charge in [0, 0.05) is 5.92 Å². The minimum atomic E-state index is -0.528. The molecular weight excluding hydrogens is 256 g/mol. The number of benzene rings is 1. The molecule has 108 valence electrons. The van der Waals surface area contributed by atoms with Crippen molar-refractivity contribution in [3.63, 3.8) is 0 Å². The van der Waals surface area contributed by atoms with Crippen LogP contribution in [0.15, 0.2) is 30.3 Å². The van der Waals surface area contributed by atoms with E-state index in [0.717, 1.165) is 12.0 Å². The van der Waals surface area contributed by atoms with Crippen molar-refractivity contribution in [3.05, 3.63) is 35.9 Å². The molecule has 3 atom stereocenters. The number of carbonyl (C=O) groups is 1. The summed E-state index contributed by atoms with van der Waals surface area (Å²) in [6.07, 6.45) is 0.874. The van der Waals surface area contributed by atoms with E-state index in [1.54, 1.807) is 0 Å². The topological polar surface area (TPSA) is 44.8 Å². The Kier molecular flexibility index (Phi) is 3.52. The zero-order valence-electron chi connectivity index (χ0n) is 11.9. The van der Waals surface area contributed by atoms with Crippen molar-refractivity contribution < 1.29 is 19.0 Å². The smallest absolute Gasteiger partial charge is 0.309 e. The standard InChI is InChI=1S/C16H20O4/c1-16(2)19-10-13-12(8-14(13)20-16)15(17)18-9-11-6-4-3-5-7-11/h3-7,12-14H,8-10H2,1-2H3. The van der Waals surface area contributed by atoms with Crippen LogP contribution in [-0.4, -0.2) is 24.5 Å². The van der Waals surface area contributed by atoms with Gasteiger partial charge in [0.1, 0.15) is 6.61 Å². The van der Waals surface area contributed by atoms with Crippen molar-refractivity contribution in [2.45, 2.75) is 38.8 Å². The first-order chi connectivity index (χ1) is 9.55. The fraction of sp³-hybridized carbons (Fsp3) is 0.562. The van der Waals surface area contributed by atoms with Crippen LogP contribution < -0.4 is 0 Å². The summed E-state index contributed by atoms with van der Waals surface area (Å²) in [6, 6.07) is 9.72. The maximum Gasteiger partial charge on any atom is 0.309 e. The molecule has 4 heteroatoms. The maximum atomic E-state index is 12.1. The normalized spacial score (nSPS) is 31.0. The minimum Gasteiger partial charge on any atom is -0.461 e. The van der Waals surface area contributed by atoms with E-state index in [-0.39, 0.29) is 23.9 Å². The molecule has 2 fully saturated rings. The van der Waals surface area contributed by atoms with E-state index in [1.165, 1.54) is 0 Å². The summed E-state index contributed by atoms with van der Waals surface area (Å²) in [5.74, 6) is -0.604. The lowest BCUT2D eigenvalue weighted by molar-refractivity contribution is -0.326. The largest absolute Gasteiger partial charge is 0.461 e. The van der Waals surface area contributed by atoms with Crippen LogP contribution in [0.25, 0.3) is 0 Å². The molecule has 1 saturated heterocycles. The van der Waals surface area contributed by atoms with Crippen LogP contribution in [0, 0.1) is 11.8 Å². The summed E-state index contributed by atoms with van der Waals surface area (Å²) < 4.78 is 16.8. The van der Waals surface area contributed by atoms with Gasteiger partial charge in [-0.1, -0.05) is 30.3 Å². The van der Waals surface area contributed by atoms with Gasteiger partial charge in [-0.15, -0.1) is 0 Å². The molecule has 1 saturated carbocycles. The first-order valence-electron chi connectivity index (χ1n) is 7.07. The van der Waals surface area contributed by atoms with Crippen molar-refractivity contribution >= 4 is 5.97 Å². The van der Waals surface area contributed by atoms with Crippen molar-refractivity contribution in [1.29, 1.82) is 0 Å². The van der Waals surface area contributed by atoms with E-state index >= 15 is 0 Å². The highest BCUT2D eigenvalue weighted by atomic mass is 16.7. The second-order valence-electron chi connectivity index (χ2n) is 5.97. The zero-order chi connectivity index (χ0) is 14.2. The molecule has 0 amide bonds. The van der Waals surface area contributed by atoms with Crippen LogP contribution in [0.4, 0.5) is 0 Å². The van der Waals surface area contributed by atoms with Gasteiger partial charge in [0.15, 0.2) is 5.79 Å². The number of hydrogen-bond acceptors (Lipinski definition) is 4. The number of carbonyl (C=O) groups excluding carboxylic acids is 1. The van der Waals surface area contributed by atoms with Crippen LogP contribution in [-0.2, 0) is 25.6 Å². The fourth-order valence-corrected chi connectivity index (χ4v) is 2.82.